The van der Waals surface area contributed by atoms with Crippen LogP contribution in [0.1, 0.15) is 23.2 Å². The molecule has 2 N–H and O–H groups in total. The van der Waals surface area contributed by atoms with Crippen LogP contribution in [0.15, 0.2) is 59.5 Å². The molecule has 9 heteroatoms. The maximum Gasteiger partial charge on any atom is 0.255 e. The molecule has 2 fully saturated rings. The summed E-state index contributed by atoms with van der Waals surface area (Å²) >= 11 is 1.51. The molecule has 1 atom stereocenters. The van der Waals surface area contributed by atoms with Crippen LogP contribution in [0.3, 0.4) is 0 Å². The number of benzene rings is 2. The first kappa shape index (κ1) is 19.9. The van der Waals surface area contributed by atoms with E-state index in [-0.39, 0.29) is 22.8 Å². The van der Waals surface area contributed by atoms with E-state index in [9.17, 15) is 18.0 Å². The van der Waals surface area contributed by atoms with E-state index in [1.54, 1.807) is 41.3 Å². The summed E-state index contributed by atoms with van der Waals surface area (Å²) in [4.78, 5) is 27.2. The zero-order valence-corrected chi connectivity index (χ0v) is 17.2. The van der Waals surface area contributed by atoms with Crippen molar-refractivity contribution >= 4 is 39.3 Å². The summed E-state index contributed by atoms with van der Waals surface area (Å²) in [5.41, 5.74) is 0.921. The minimum atomic E-state index is -3.60. The Kier molecular flexibility index (Phi) is 5.62. The van der Waals surface area contributed by atoms with Crippen LogP contribution in [0, 0.1) is 0 Å². The van der Waals surface area contributed by atoms with Crippen molar-refractivity contribution in [2.75, 3.05) is 16.9 Å². The number of nitrogens with one attached hydrogen (secondary N) is 2. The van der Waals surface area contributed by atoms with Gasteiger partial charge in [-0.1, -0.05) is 24.3 Å². The first-order valence-corrected chi connectivity index (χ1v) is 11.9. The maximum atomic E-state index is 12.8. The van der Waals surface area contributed by atoms with Gasteiger partial charge < -0.3 is 10.2 Å². The second kappa shape index (κ2) is 8.17. The molecule has 2 aromatic rings. The molecule has 0 unspecified atom stereocenters. The van der Waals surface area contributed by atoms with Crippen LogP contribution >= 0.6 is 11.8 Å². The summed E-state index contributed by atoms with van der Waals surface area (Å²) in [7, 11) is -3.60. The average molecular weight is 432 g/mol. The molecule has 1 saturated heterocycles. The largest absolute Gasteiger partial charge is 0.324 e. The molecule has 2 aromatic carbocycles. The number of nitrogens with zero attached hydrogens (tertiary/aromatic N) is 1. The number of thioether (sulfide) groups is 1. The molecule has 0 aromatic heterocycles. The second-order valence-corrected chi connectivity index (χ2v) is 9.78. The number of carbonyl (C=O) groups excluding carboxylic acids is 2. The van der Waals surface area contributed by atoms with Crippen molar-refractivity contribution in [1.29, 1.82) is 0 Å². The number of carbonyl (C=O) groups is 2. The van der Waals surface area contributed by atoms with E-state index in [1.807, 2.05) is 6.07 Å². The summed E-state index contributed by atoms with van der Waals surface area (Å²) in [5, 5.41) is 2.76. The molecule has 1 aliphatic heterocycles. The predicted octanol–water partition coefficient (Wildman–Crippen LogP) is 2.28. The summed E-state index contributed by atoms with van der Waals surface area (Å²) in [6.45, 7) is 0. The minimum Gasteiger partial charge on any atom is -0.324 e. The van der Waals surface area contributed by atoms with Crippen molar-refractivity contribution in [1.82, 2.24) is 9.62 Å². The first-order valence-electron chi connectivity index (χ1n) is 9.31. The molecule has 1 aliphatic carbocycles. The van der Waals surface area contributed by atoms with E-state index in [2.05, 4.69) is 10.0 Å². The standard InChI is InChI=1S/C20H21N3O4S2/c24-19(18-12-28-13-23(18)20(25)14-5-2-1-3-6-14)21-16-7-4-8-17(11-16)29(26,27)22-15-9-10-15/h1-8,11,15,18,22H,9-10,12-13H2,(H,21,24)/t18-/m0/s1. The number of hydrogen-bond donors (Lipinski definition) is 2. The molecule has 0 spiro atoms. The van der Waals surface area contributed by atoms with E-state index < -0.39 is 16.1 Å². The van der Waals surface area contributed by atoms with Crippen molar-refractivity contribution < 1.29 is 18.0 Å². The number of amides is 2. The molecule has 0 radical (unpaired) electrons. The number of anilines is 1. The summed E-state index contributed by atoms with van der Waals surface area (Å²) in [6, 6.07) is 14.4. The normalized spacial score (nSPS) is 19.2. The highest BCUT2D eigenvalue weighted by molar-refractivity contribution is 7.99. The lowest BCUT2D eigenvalue weighted by atomic mass is 10.1. The number of rotatable bonds is 6. The Morgan fingerprint density at radius 1 is 1.03 bits per heavy atom. The van der Waals surface area contributed by atoms with Crippen LogP contribution in [-0.4, -0.2) is 48.8 Å². The van der Waals surface area contributed by atoms with E-state index in [0.29, 0.717) is 22.9 Å². The third-order valence-electron chi connectivity index (χ3n) is 4.78. The monoisotopic (exact) mass is 431 g/mol. The fourth-order valence-corrected chi connectivity index (χ4v) is 5.57. The van der Waals surface area contributed by atoms with E-state index in [4.69, 9.17) is 0 Å². The van der Waals surface area contributed by atoms with Crippen LogP contribution in [0.5, 0.6) is 0 Å². The number of sulfonamides is 1. The quantitative estimate of drug-likeness (QED) is 0.732. The van der Waals surface area contributed by atoms with Crippen molar-refractivity contribution in [3.8, 4) is 0 Å². The Morgan fingerprint density at radius 2 is 1.79 bits per heavy atom. The number of hydrogen-bond acceptors (Lipinski definition) is 5. The van der Waals surface area contributed by atoms with Crippen LogP contribution in [0.4, 0.5) is 5.69 Å². The van der Waals surface area contributed by atoms with Crippen molar-refractivity contribution in [3.63, 3.8) is 0 Å². The van der Waals surface area contributed by atoms with Gasteiger partial charge in [0.15, 0.2) is 0 Å². The van der Waals surface area contributed by atoms with Crippen molar-refractivity contribution in [3.05, 3.63) is 60.2 Å². The van der Waals surface area contributed by atoms with Gasteiger partial charge in [0.05, 0.1) is 10.8 Å². The van der Waals surface area contributed by atoms with Crippen LogP contribution in [-0.2, 0) is 14.8 Å². The van der Waals surface area contributed by atoms with E-state index in [1.165, 1.54) is 23.9 Å². The fraction of sp³-hybridized carbons (Fsp3) is 0.300. The third-order valence-corrected chi connectivity index (χ3v) is 7.31. The van der Waals surface area contributed by atoms with Crippen LogP contribution < -0.4 is 10.0 Å². The zero-order valence-electron chi connectivity index (χ0n) is 15.6. The highest BCUT2D eigenvalue weighted by Gasteiger charge is 2.35. The minimum absolute atomic E-state index is 0.00585. The molecule has 2 amide bonds. The average Bonchev–Trinajstić information content (AvgIpc) is 3.38. The summed E-state index contributed by atoms with van der Waals surface area (Å²) in [5.74, 6) is 0.404. The van der Waals surface area contributed by atoms with Crippen molar-refractivity contribution in [2.24, 2.45) is 0 Å². The Hall–Kier alpha value is -2.36. The summed E-state index contributed by atoms with van der Waals surface area (Å²) in [6.07, 6.45) is 1.70. The lowest BCUT2D eigenvalue weighted by Crippen LogP contribution is -2.44. The van der Waals surface area contributed by atoms with Gasteiger partial charge in [0.25, 0.3) is 5.91 Å². The molecular weight excluding hydrogens is 410 g/mol. The van der Waals surface area contributed by atoms with Gasteiger partial charge in [-0.3, -0.25) is 9.59 Å². The first-order chi connectivity index (χ1) is 13.9. The second-order valence-electron chi connectivity index (χ2n) is 7.07. The smallest absolute Gasteiger partial charge is 0.255 e. The van der Waals surface area contributed by atoms with Gasteiger partial charge in [0.2, 0.25) is 15.9 Å². The van der Waals surface area contributed by atoms with Gasteiger partial charge in [-0.05, 0) is 43.2 Å². The topological polar surface area (TPSA) is 95.6 Å². The van der Waals surface area contributed by atoms with Gasteiger partial charge in [-0.2, -0.15) is 0 Å². The Bertz CT molecular complexity index is 1020. The zero-order chi connectivity index (χ0) is 20.4. The van der Waals surface area contributed by atoms with Gasteiger partial charge >= 0.3 is 0 Å². The lowest BCUT2D eigenvalue weighted by Gasteiger charge is -2.23. The van der Waals surface area contributed by atoms with Crippen LogP contribution in [0.2, 0.25) is 0 Å². The Morgan fingerprint density at radius 3 is 2.52 bits per heavy atom. The van der Waals surface area contributed by atoms with Gasteiger partial charge in [0.1, 0.15) is 6.04 Å². The Labute approximate surface area is 173 Å². The lowest BCUT2D eigenvalue weighted by molar-refractivity contribution is -0.119. The summed E-state index contributed by atoms with van der Waals surface area (Å²) < 4.78 is 27.4. The molecule has 0 bridgehead atoms. The van der Waals surface area contributed by atoms with Gasteiger partial charge in [0, 0.05) is 23.0 Å². The molecule has 7 nitrogen and oxygen atoms in total. The SMILES string of the molecule is O=C(Nc1cccc(S(=O)(=O)NC2CC2)c1)[C@@H]1CSCN1C(=O)c1ccccc1. The molecule has 2 aliphatic rings. The predicted molar refractivity (Wildman–Crippen MR) is 112 cm³/mol. The van der Waals surface area contributed by atoms with Gasteiger partial charge in [-0.25, -0.2) is 13.1 Å². The highest BCUT2D eigenvalue weighted by atomic mass is 32.2. The molecule has 1 saturated carbocycles. The van der Waals surface area contributed by atoms with Crippen LogP contribution in [0.25, 0.3) is 0 Å². The molecule has 29 heavy (non-hydrogen) atoms. The molecule has 152 valence electrons. The van der Waals surface area contributed by atoms with Gasteiger partial charge in [-0.15, -0.1) is 11.8 Å². The fourth-order valence-electron chi connectivity index (χ4n) is 3.06. The van der Waals surface area contributed by atoms with E-state index >= 15 is 0 Å². The molecule has 4 rings (SSSR count). The molecular formula is C20H21N3O4S2. The Balaban J connectivity index is 1.47. The highest BCUT2D eigenvalue weighted by Crippen LogP contribution is 2.26. The van der Waals surface area contributed by atoms with E-state index in [0.717, 1.165) is 12.8 Å². The maximum absolute atomic E-state index is 12.8. The molecule has 1 heterocycles. The van der Waals surface area contributed by atoms with Crippen molar-refractivity contribution in [2.45, 2.75) is 29.8 Å². The third kappa shape index (κ3) is 4.63.